The highest BCUT2D eigenvalue weighted by molar-refractivity contribution is 9.10. The molecule has 1 aliphatic rings. The second-order valence-corrected chi connectivity index (χ2v) is 3.27. The third-order valence-corrected chi connectivity index (χ3v) is 2.81. The van der Waals surface area contributed by atoms with E-state index < -0.39 is 0 Å². The molecule has 0 saturated heterocycles. The molecule has 10 heavy (non-hydrogen) atoms. The Labute approximate surface area is 67.7 Å². The van der Waals surface area contributed by atoms with Gasteiger partial charge in [-0.15, -0.1) is 0 Å². The van der Waals surface area contributed by atoms with Crippen LogP contribution in [0.5, 0.6) is 0 Å². The van der Waals surface area contributed by atoms with Crippen molar-refractivity contribution in [1.82, 2.24) is 5.32 Å². The van der Waals surface area contributed by atoms with E-state index in [1.54, 1.807) is 0 Å². The minimum absolute atomic E-state index is 0.877. The van der Waals surface area contributed by atoms with Crippen molar-refractivity contribution < 1.29 is 4.42 Å². The van der Waals surface area contributed by atoms with Gasteiger partial charge in [-0.3, -0.25) is 0 Å². The number of hydrogen-bond acceptors (Lipinski definition) is 2. The average Bonchev–Trinajstić information content (AvgIpc) is 2.41. The Balaban J connectivity index is 2.59. The first-order valence-electron chi connectivity index (χ1n) is 3.26. The van der Waals surface area contributed by atoms with Gasteiger partial charge in [-0.25, -0.2) is 0 Å². The summed E-state index contributed by atoms with van der Waals surface area (Å²) in [4.78, 5) is 0. The molecule has 0 fully saturated rings. The highest BCUT2D eigenvalue weighted by atomic mass is 79.9. The van der Waals surface area contributed by atoms with Crippen LogP contribution in [-0.2, 0) is 13.1 Å². The maximum absolute atomic E-state index is 5.45. The van der Waals surface area contributed by atoms with E-state index in [-0.39, 0.29) is 0 Å². The molecule has 2 rings (SSSR count). The molecule has 0 amide bonds. The smallest absolute Gasteiger partial charge is 0.123 e. The molecule has 0 atom stereocenters. The lowest BCUT2D eigenvalue weighted by molar-refractivity contribution is 0.478. The molecule has 0 spiro atoms. The fraction of sp³-hybridized carbons (Fsp3) is 0.429. The Morgan fingerprint density at radius 1 is 1.50 bits per heavy atom. The molecule has 1 N–H and O–H groups in total. The molecule has 0 aliphatic carbocycles. The van der Waals surface area contributed by atoms with Crippen LogP contribution in [0, 0.1) is 6.92 Å². The van der Waals surface area contributed by atoms with Crippen LogP contribution in [0.1, 0.15) is 17.1 Å². The van der Waals surface area contributed by atoms with Gasteiger partial charge < -0.3 is 9.73 Å². The lowest BCUT2D eigenvalue weighted by Crippen LogP contribution is -2.01. The molecule has 0 saturated carbocycles. The first kappa shape index (κ1) is 6.43. The molecule has 0 aromatic carbocycles. The lowest BCUT2D eigenvalue weighted by Gasteiger charge is -1.89. The summed E-state index contributed by atoms with van der Waals surface area (Å²) in [6, 6.07) is 0. The number of halogens is 1. The third-order valence-electron chi connectivity index (χ3n) is 1.77. The predicted molar refractivity (Wildman–Crippen MR) is 41.7 cm³/mol. The standard InChI is InChI=1S/C7H8BrNO/c1-4-7(8)5-2-9-3-6(5)10-4/h9H,2-3H2,1H3. The van der Waals surface area contributed by atoms with Crippen molar-refractivity contribution in [1.29, 1.82) is 0 Å². The zero-order valence-electron chi connectivity index (χ0n) is 5.70. The van der Waals surface area contributed by atoms with Crippen LogP contribution >= 0.6 is 15.9 Å². The van der Waals surface area contributed by atoms with Gasteiger partial charge in [0.25, 0.3) is 0 Å². The monoisotopic (exact) mass is 201 g/mol. The zero-order chi connectivity index (χ0) is 7.14. The van der Waals surface area contributed by atoms with Crippen LogP contribution in [-0.4, -0.2) is 0 Å². The van der Waals surface area contributed by atoms with Crippen molar-refractivity contribution in [2.24, 2.45) is 0 Å². The number of fused-ring (bicyclic) bond motifs is 1. The molecule has 1 aromatic rings. The first-order chi connectivity index (χ1) is 4.79. The highest BCUT2D eigenvalue weighted by Crippen LogP contribution is 2.30. The molecule has 1 aromatic heterocycles. The van der Waals surface area contributed by atoms with E-state index in [0.29, 0.717) is 0 Å². The number of rotatable bonds is 0. The van der Waals surface area contributed by atoms with Gasteiger partial charge in [0.1, 0.15) is 11.5 Å². The van der Waals surface area contributed by atoms with Crippen LogP contribution in [0.2, 0.25) is 0 Å². The maximum atomic E-state index is 5.45. The summed E-state index contributed by atoms with van der Waals surface area (Å²) < 4.78 is 6.58. The van der Waals surface area contributed by atoms with Crippen molar-refractivity contribution in [3.8, 4) is 0 Å². The van der Waals surface area contributed by atoms with Crippen LogP contribution < -0.4 is 5.32 Å². The molecular weight excluding hydrogens is 194 g/mol. The van der Waals surface area contributed by atoms with E-state index in [1.807, 2.05) is 6.92 Å². The number of furan rings is 1. The van der Waals surface area contributed by atoms with E-state index in [2.05, 4.69) is 21.2 Å². The van der Waals surface area contributed by atoms with Crippen molar-refractivity contribution in [2.45, 2.75) is 20.0 Å². The van der Waals surface area contributed by atoms with Gasteiger partial charge >= 0.3 is 0 Å². The van der Waals surface area contributed by atoms with Gasteiger partial charge in [-0.2, -0.15) is 0 Å². The van der Waals surface area contributed by atoms with Crippen LogP contribution in [0.25, 0.3) is 0 Å². The lowest BCUT2D eigenvalue weighted by atomic mass is 10.3. The summed E-state index contributed by atoms with van der Waals surface area (Å²) in [7, 11) is 0. The van der Waals surface area contributed by atoms with Gasteiger partial charge in [-0.1, -0.05) is 0 Å². The SMILES string of the molecule is Cc1oc2c(c1Br)CNC2. The second kappa shape index (κ2) is 2.10. The molecule has 2 nitrogen and oxygen atoms in total. The Kier molecular flexibility index (Phi) is 1.35. The van der Waals surface area contributed by atoms with Crippen molar-refractivity contribution in [3.63, 3.8) is 0 Å². The number of hydrogen-bond donors (Lipinski definition) is 1. The summed E-state index contributed by atoms with van der Waals surface area (Å²) >= 11 is 3.47. The van der Waals surface area contributed by atoms with Crippen molar-refractivity contribution in [3.05, 3.63) is 21.6 Å². The van der Waals surface area contributed by atoms with Crippen LogP contribution in [0.15, 0.2) is 8.89 Å². The minimum Gasteiger partial charge on any atom is -0.463 e. The second-order valence-electron chi connectivity index (χ2n) is 2.48. The minimum atomic E-state index is 0.877. The molecule has 1 aliphatic heterocycles. The number of aryl methyl sites for hydroxylation is 1. The van der Waals surface area contributed by atoms with Crippen LogP contribution in [0.3, 0.4) is 0 Å². The molecule has 0 radical (unpaired) electrons. The summed E-state index contributed by atoms with van der Waals surface area (Å²) in [5.41, 5.74) is 1.29. The van der Waals surface area contributed by atoms with Gasteiger partial charge in [0.05, 0.1) is 11.0 Å². The largest absolute Gasteiger partial charge is 0.463 e. The van der Waals surface area contributed by atoms with Gasteiger partial charge in [0.15, 0.2) is 0 Å². The Morgan fingerprint density at radius 3 is 3.00 bits per heavy atom. The van der Waals surface area contributed by atoms with E-state index >= 15 is 0 Å². The molecule has 2 heterocycles. The van der Waals surface area contributed by atoms with E-state index in [4.69, 9.17) is 4.42 Å². The summed E-state index contributed by atoms with van der Waals surface area (Å²) in [6.45, 7) is 3.79. The Hall–Kier alpha value is -0.280. The fourth-order valence-corrected chi connectivity index (χ4v) is 1.69. The molecular formula is C7H8BrNO. The summed E-state index contributed by atoms with van der Waals surface area (Å²) in [5, 5.41) is 3.21. The maximum Gasteiger partial charge on any atom is 0.123 e. The fourth-order valence-electron chi connectivity index (χ4n) is 1.25. The normalized spacial score (nSPS) is 15.8. The predicted octanol–water partition coefficient (Wildman–Crippen LogP) is 1.95. The van der Waals surface area contributed by atoms with E-state index in [1.165, 1.54) is 5.56 Å². The summed E-state index contributed by atoms with van der Waals surface area (Å²) in [6.07, 6.45) is 0. The molecule has 3 heteroatoms. The van der Waals surface area contributed by atoms with Crippen molar-refractivity contribution >= 4 is 15.9 Å². The van der Waals surface area contributed by atoms with Gasteiger partial charge in [-0.05, 0) is 22.9 Å². The Bertz CT molecular complexity index is 267. The zero-order valence-corrected chi connectivity index (χ0v) is 7.29. The quantitative estimate of drug-likeness (QED) is 0.695. The molecule has 54 valence electrons. The average molecular weight is 202 g/mol. The Morgan fingerprint density at radius 2 is 2.30 bits per heavy atom. The van der Waals surface area contributed by atoms with Gasteiger partial charge in [0, 0.05) is 12.1 Å². The van der Waals surface area contributed by atoms with Gasteiger partial charge in [0.2, 0.25) is 0 Å². The van der Waals surface area contributed by atoms with Crippen LogP contribution in [0.4, 0.5) is 0 Å². The third kappa shape index (κ3) is 0.739. The van der Waals surface area contributed by atoms with E-state index in [0.717, 1.165) is 29.1 Å². The summed E-state index contributed by atoms with van der Waals surface area (Å²) in [5.74, 6) is 2.08. The molecule has 0 unspecified atom stereocenters. The van der Waals surface area contributed by atoms with E-state index in [9.17, 15) is 0 Å². The molecule has 0 bridgehead atoms. The first-order valence-corrected chi connectivity index (χ1v) is 4.05. The topological polar surface area (TPSA) is 25.2 Å². The van der Waals surface area contributed by atoms with Crippen molar-refractivity contribution in [2.75, 3.05) is 0 Å². The number of nitrogens with one attached hydrogen (secondary N) is 1. The highest BCUT2D eigenvalue weighted by Gasteiger charge is 2.19.